The molecule has 50 heavy (non-hydrogen) atoms. The highest BCUT2D eigenvalue weighted by Crippen LogP contribution is 2.71. The van der Waals surface area contributed by atoms with Crippen LogP contribution in [0.4, 0.5) is 0 Å². The summed E-state index contributed by atoms with van der Waals surface area (Å²) in [6.07, 6.45) is 0. The normalized spacial score (nSPS) is 23.6. The lowest BCUT2D eigenvalue weighted by atomic mass is 9.77. The molecule has 0 bridgehead atoms. The van der Waals surface area contributed by atoms with E-state index in [1.165, 1.54) is 0 Å². The van der Waals surface area contributed by atoms with Gasteiger partial charge in [-0.05, 0) is 33.8 Å². The Morgan fingerprint density at radius 1 is 0.420 bits per heavy atom. The van der Waals surface area contributed by atoms with Crippen LogP contribution in [0.15, 0.2) is 37.8 Å². The highest BCUT2D eigenvalue weighted by atomic mass is 32.2. The molecule has 0 unspecified atom stereocenters. The van der Waals surface area contributed by atoms with Crippen molar-refractivity contribution < 1.29 is 43.0 Å². The largest absolute Gasteiger partial charge is 0.449 e. The molecule has 9 rings (SSSR count). The maximum absolute atomic E-state index is 14.6. The van der Waals surface area contributed by atoms with Crippen LogP contribution in [0, 0.1) is 0 Å². The van der Waals surface area contributed by atoms with Crippen LogP contribution in [0.5, 0.6) is 46.0 Å². The molecule has 0 radical (unpaired) electrons. The van der Waals surface area contributed by atoms with Crippen LogP contribution in [-0.2, 0) is 5.60 Å². The number of hydrogen-bond acceptors (Lipinski definition) is 13. The second-order valence-corrected chi connectivity index (χ2v) is 23.2. The molecule has 0 fully saturated rings. The third-order valence-corrected chi connectivity index (χ3v) is 14.4. The molecule has 0 atom stereocenters. The predicted octanol–water partition coefficient (Wildman–Crippen LogP) is 9.87. The summed E-state index contributed by atoms with van der Waals surface area (Å²) in [4.78, 5) is 4.07. The zero-order valence-corrected chi connectivity index (χ0v) is 33.3. The molecule has 3 aromatic rings. The van der Waals surface area contributed by atoms with E-state index in [0.717, 1.165) is 19.6 Å². The van der Waals surface area contributed by atoms with E-state index in [4.69, 9.17) is 37.9 Å². The Balaban J connectivity index is 1.48. The number of ether oxygens (including phenoxy) is 8. The van der Waals surface area contributed by atoms with E-state index in [-0.39, 0.29) is 8.16 Å². The minimum atomic E-state index is -2.07. The minimum Gasteiger partial charge on any atom is -0.449 e. The van der Waals surface area contributed by atoms with Crippen molar-refractivity contribution in [3.05, 3.63) is 34.9 Å². The number of hydrogen-bond donors (Lipinski definition) is 1. The van der Waals surface area contributed by atoms with Crippen LogP contribution >= 0.6 is 47.0 Å². The molecule has 9 nitrogen and oxygen atoms in total. The SMILES string of the molecule is CC1(C)Oc2cc3c(c(C(O)(c4c5c(cc6c4OC(C)(C)O6)OC(C)(C)O5)c4c5c(cc6c4SC(C)(C)S6)SC(C)(C)S5)c2O1)OC(C)(C)O3. The second kappa shape index (κ2) is 9.69. The molecule has 0 saturated heterocycles. The van der Waals surface area contributed by atoms with Crippen LogP contribution in [0.3, 0.4) is 0 Å². The quantitative estimate of drug-likeness (QED) is 0.257. The van der Waals surface area contributed by atoms with E-state index in [9.17, 15) is 5.11 Å². The van der Waals surface area contributed by atoms with Crippen molar-refractivity contribution >= 4 is 47.0 Å². The van der Waals surface area contributed by atoms with Gasteiger partial charge in [-0.25, -0.2) is 0 Å². The van der Waals surface area contributed by atoms with Gasteiger partial charge < -0.3 is 43.0 Å². The number of fused-ring (bicyclic) bond motifs is 6. The van der Waals surface area contributed by atoms with Crippen molar-refractivity contribution in [3.8, 4) is 46.0 Å². The van der Waals surface area contributed by atoms with Crippen molar-refractivity contribution in [3.63, 3.8) is 0 Å². The third-order valence-electron chi connectivity index (χ3n) is 8.80. The fraction of sp³-hybridized carbons (Fsp3) is 0.514. The summed E-state index contributed by atoms with van der Waals surface area (Å²) in [5.41, 5.74) is -0.715. The highest BCUT2D eigenvalue weighted by molar-refractivity contribution is 8.21. The smallest absolute Gasteiger partial charge is 0.246 e. The topological polar surface area (TPSA) is 94.1 Å². The molecule has 266 valence electrons. The molecular weight excluding hydrogens is 717 g/mol. The van der Waals surface area contributed by atoms with E-state index in [1.807, 2.05) is 55.4 Å². The van der Waals surface area contributed by atoms with Gasteiger partial charge in [0, 0.05) is 92.7 Å². The molecular formula is C37H40O9S4. The Labute approximate surface area is 309 Å². The molecule has 3 aromatic carbocycles. The van der Waals surface area contributed by atoms with E-state index in [1.54, 1.807) is 59.2 Å². The van der Waals surface area contributed by atoms with Crippen molar-refractivity contribution in [2.45, 2.75) is 140 Å². The van der Waals surface area contributed by atoms with Gasteiger partial charge in [-0.2, -0.15) is 0 Å². The number of aliphatic hydroxyl groups is 1. The highest BCUT2D eigenvalue weighted by Gasteiger charge is 2.59. The molecule has 6 aliphatic heterocycles. The summed E-state index contributed by atoms with van der Waals surface area (Å²) in [6.45, 7) is 23.5. The second-order valence-electron chi connectivity index (χ2n) is 16.1. The summed E-state index contributed by atoms with van der Waals surface area (Å²) < 4.78 is 51.8. The van der Waals surface area contributed by atoms with Crippen molar-refractivity contribution in [2.24, 2.45) is 0 Å². The molecule has 1 N–H and O–H groups in total. The maximum Gasteiger partial charge on any atom is 0.246 e. The van der Waals surface area contributed by atoms with E-state index >= 15 is 0 Å². The molecule has 6 aliphatic rings. The maximum atomic E-state index is 14.6. The van der Waals surface area contributed by atoms with Gasteiger partial charge in [0.15, 0.2) is 51.6 Å². The first-order valence-corrected chi connectivity index (χ1v) is 19.9. The average molecular weight is 757 g/mol. The van der Waals surface area contributed by atoms with Crippen molar-refractivity contribution in [1.82, 2.24) is 0 Å². The standard InChI is InChI=1S/C37H40O9S4/c1-31(2)39-16-13-17-26(44-32(3,4)40-17)22(25(16)43-31)37(38,23-27-18(41-33(5,6)45-27)14-19-28(23)46-34(7,8)42-19)24-29-20(47-35(9,10)49-29)15-21-30(24)50-36(11,12)48-21/h13-15,38H,1-12H3. The summed E-state index contributed by atoms with van der Waals surface area (Å²) in [5, 5.41) is 14.6. The van der Waals surface area contributed by atoms with Crippen LogP contribution in [0.2, 0.25) is 0 Å². The molecule has 0 spiro atoms. The van der Waals surface area contributed by atoms with Crippen LogP contribution in [0.25, 0.3) is 0 Å². The summed E-state index contributed by atoms with van der Waals surface area (Å²) in [6, 6.07) is 5.83. The Morgan fingerprint density at radius 3 is 1.02 bits per heavy atom. The summed E-state index contributed by atoms with van der Waals surface area (Å²) >= 11 is 7.03. The molecule has 0 amide bonds. The lowest BCUT2D eigenvalue weighted by Crippen LogP contribution is -2.36. The first-order valence-electron chi connectivity index (χ1n) is 16.6. The number of benzene rings is 3. The third kappa shape index (κ3) is 4.89. The molecule has 6 heterocycles. The first-order chi connectivity index (χ1) is 23.0. The van der Waals surface area contributed by atoms with Gasteiger partial charge in [0.2, 0.25) is 23.1 Å². The fourth-order valence-electron chi connectivity index (χ4n) is 7.41. The summed E-state index contributed by atoms with van der Waals surface area (Å²) in [7, 11) is 0. The Bertz CT molecular complexity index is 1710. The fourth-order valence-corrected chi connectivity index (χ4v) is 13.2. The number of rotatable bonds is 3. The molecule has 0 aliphatic carbocycles. The van der Waals surface area contributed by atoms with Gasteiger partial charge in [-0.15, -0.1) is 47.0 Å². The Hall–Kier alpha value is -2.58. The van der Waals surface area contributed by atoms with Crippen molar-refractivity contribution in [1.29, 1.82) is 0 Å². The lowest BCUT2D eigenvalue weighted by molar-refractivity contribution is -0.0527. The Morgan fingerprint density at radius 2 is 0.720 bits per heavy atom. The summed E-state index contributed by atoms with van der Waals surface area (Å²) in [5.74, 6) is -1.11. The molecule has 0 aromatic heterocycles. The monoisotopic (exact) mass is 756 g/mol. The van der Waals surface area contributed by atoms with Gasteiger partial charge in [0.05, 0.1) is 19.3 Å². The van der Waals surface area contributed by atoms with Gasteiger partial charge in [-0.1, -0.05) is 0 Å². The van der Waals surface area contributed by atoms with Crippen LogP contribution in [-0.4, -0.2) is 36.4 Å². The zero-order valence-electron chi connectivity index (χ0n) is 30.1. The van der Waals surface area contributed by atoms with E-state index in [0.29, 0.717) is 62.7 Å². The van der Waals surface area contributed by atoms with Gasteiger partial charge >= 0.3 is 0 Å². The minimum absolute atomic E-state index is 0.217. The van der Waals surface area contributed by atoms with Crippen molar-refractivity contribution in [2.75, 3.05) is 0 Å². The lowest BCUT2D eigenvalue weighted by Gasteiger charge is -2.36. The van der Waals surface area contributed by atoms with Gasteiger partial charge in [-0.3, -0.25) is 0 Å². The van der Waals surface area contributed by atoms with E-state index < -0.39 is 28.7 Å². The van der Waals surface area contributed by atoms with Crippen LogP contribution < -0.4 is 37.9 Å². The van der Waals surface area contributed by atoms with Gasteiger partial charge in [0.1, 0.15) is 0 Å². The van der Waals surface area contributed by atoms with Crippen LogP contribution in [0.1, 0.15) is 99.8 Å². The van der Waals surface area contributed by atoms with Gasteiger partial charge in [0.25, 0.3) is 0 Å². The predicted molar refractivity (Wildman–Crippen MR) is 194 cm³/mol. The average Bonchev–Trinajstić information content (AvgIpc) is 3.72. The Kier molecular flexibility index (Phi) is 6.45. The zero-order chi connectivity index (χ0) is 35.8. The molecule has 13 heteroatoms. The number of thioether (sulfide) groups is 4. The van der Waals surface area contributed by atoms with E-state index in [2.05, 4.69) is 33.8 Å². The molecule has 0 saturated carbocycles. The first kappa shape index (κ1) is 33.3.